The maximum absolute atomic E-state index is 12.4. The van der Waals surface area contributed by atoms with Crippen LogP contribution in [0.25, 0.3) is 10.8 Å². The van der Waals surface area contributed by atoms with Crippen molar-refractivity contribution in [2.24, 2.45) is 0 Å². The molecule has 0 aliphatic rings. The molecule has 0 saturated heterocycles. The van der Waals surface area contributed by atoms with Gasteiger partial charge in [-0.15, -0.1) is 0 Å². The van der Waals surface area contributed by atoms with Gasteiger partial charge in [-0.3, -0.25) is 9.10 Å². The van der Waals surface area contributed by atoms with Crippen LogP contribution in [0.4, 0.5) is 5.69 Å². The highest BCUT2D eigenvalue weighted by molar-refractivity contribution is 7.92. The number of nitrogens with one attached hydrogen (secondary N) is 1. The Bertz CT molecular complexity index is 1060. The summed E-state index contributed by atoms with van der Waals surface area (Å²) in [6.07, 6.45) is 1.12. The first-order valence-corrected chi connectivity index (χ1v) is 9.99. The summed E-state index contributed by atoms with van der Waals surface area (Å²) in [4.78, 5) is 12.4. The van der Waals surface area contributed by atoms with Crippen molar-refractivity contribution < 1.29 is 13.2 Å². The van der Waals surface area contributed by atoms with Crippen molar-refractivity contribution in [1.29, 1.82) is 0 Å². The number of hydrogen-bond acceptors (Lipinski definition) is 3. The van der Waals surface area contributed by atoms with Gasteiger partial charge in [-0.05, 0) is 40.6 Å². The monoisotopic (exact) mass is 368 g/mol. The number of amides is 1. The minimum atomic E-state index is -3.37. The zero-order chi connectivity index (χ0) is 18.7. The lowest BCUT2D eigenvalue weighted by Crippen LogP contribution is -2.26. The first-order chi connectivity index (χ1) is 12.3. The molecular formula is C20H20N2O3S. The molecule has 3 aromatic carbocycles. The number of carbonyl (C=O) groups is 1. The zero-order valence-electron chi connectivity index (χ0n) is 14.6. The Morgan fingerprint density at radius 3 is 2.42 bits per heavy atom. The molecule has 1 amide bonds. The first kappa shape index (κ1) is 17.9. The quantitative estimate of drug-likeness (QED) is 0.752. The van der Waals surface area contributed by atoms with Crippen molar-refractivity contribution >= 4 is 32.4 Å². The number of nitrogens with zero attached hydrogens (tertiary/aromatic N) is 1. The third-order valence-electron chi connectivity index (χ3n) is 4.24. The molecule has 0 aromatic heterocycles. The molecular weight excluding hydrogens is 348 g/mol. The Balaban J connectivity index is 1.73. The lowest BCUT2D eigenvalue weighted by atomic mass is 10.1. The zero-order valence-corrected chi connectivity index (χ0v) is 15.5. The van der Waals surface area contributed by atoms with Crippen LogP contribution in [0.1, 0.15) is 15.9 Å². The van der Waals surface area contributed by atoms with Crippen LogP contribution in [0.15, 0.2) is 66.7 Å². The summed E-state index contributed by atoms with van der Waals surface area (Å²) in [6.45, 7) is 0.399. The molecule has 3 aromatic rings. The fourth-order valence-corrected chi connectivity index (χ4v) is 3.16. The summed E-state index contributed by atoms with van der Waals surface area (Å²) >= 11 is 0. The van der Waals surface area contributed by atoms with E-state index < -0.39 is 10.0 Å². The molecule has 0 bridgehead atoms. The maximum atomic E-state index is 12.4. The van der Waals surface area contributed by atoms with Gasteiger partial charge in [0.1, 0.15) is 0 Å². The minimum Gasteiger partial charge on any atom is -0.348 e. The minimum absolute atomic E-state index is 0.248. The van der Waals surface area contributed by atoms with Gasteiger partial charge >= 0.3 is 0 Å². The number of fused-ring (bicyclic) bond motifs is 1. The lowest BCUT2D eigenvalue weighted by Gasteiger charge is -2.17. The summed E-state index contributed by atoms with van der Waals surface area (Å²) in [5.41, 5.74) is 1.87. The van der Waals surface area contributed by atoms with E-state index >= 15 is 0 Å². The number of hydrogen-bond donors (Lipinski definition) is 1. The van der Waals surface area contributed by atoms with Gasteiger partial charge in [0.05, 0.1) is 11.9 Å². The van der Waals surface area contributed by atoms with Crippen LogP contribution in [-0.4, -0.2) is 27.6 Å². The van der Waals surface area contributed by atoms with Gasteiger partial charge in [0.15, 0.2) is 0 Å². The molecule has 1 N–H and O–H groups in total. The fourth-order valence-electron chi connectivity index (χ4n) is 2.67. The van der Waals surface area contributed by atoms with E-state index in [9.17, 15) is 13.2 Å². The van der Waals surface area contributed by atoms with Gasteiger partial charge in [-0.1, -0.05) is 42.5 Å². The standard InChI is InChI=1S/C20H20N2O3S/c1-22(26(2,24)25)19-9-5-8-18(13-19)20(23)21-14-15-10-11-16-6-3-4-7-17(16)12-15/h3-13H,14H2,1-2H3,(H,21,23). The van der Waals surface area contributed by atoms with Gasteiger partial charge in [0.2, 0.25) is 10.0 Å². The highest BCUT2D eigenvalue weighted by atomic mass is 32.2. The van der Waals surface area contributed by atoms with Crippen LogP contribution in [0, 0.1) is 0 Å². The normalized spacial score (nSPS) is 11.3. The predicted molar refractivity (Wildman–Crippen MR) is 105 cm³/mol. The van der Waals surface area contributed by atoms with Crippen molar-refractivity contribution in [1.82, 2.24) is 5.32 Å². The number of benzene rings is 3. The van der Waals surface area contributed by atoms with E-state index in [4.69, 9.17) is 0 Å². The van der Waals surface area contributed by atoms with Gasteiger partial charge in [-0.2, -0.15) is 0 Å². The second-order valence-corrected chi connectivity index (χ2v) is 8.16. The van der Waals surface area contributed by atoms with Crippen LogP contribution < -0.4 is 9.62 Å². The van der Waals surface area contributed by atoms with Crippen molar-refractivity contribution in [3.63, 3.8) is 0 Å². The largest absolute Gasteiger partial charge is 0.348 e. The summed E-state index contributed by atoms with van der Waals surface area (Å²) in [5, 5.41) is 5.15. The van der Waals surface area contributed by atoms with Gasteiger partial charge < -0.3 is 5.32 Å². The molecule has 0 fully saturated rings. The Morgan fingerprint density at radius 2 is 1.69 bits per heavy atom. The van der Waals surface area contributed by atoms with Crippen LogP contribution in [0.5, 0.6) is 0 Å². The van der Waals surface area contributed by atoms with E-state index in [1.807, 2.05) is 42.5 Å². The SMILES string of the molecule is CN(c1cccc(C(=O)NCc2ccc3ccccc3c2)c1)S(C)(=O)=O. The maximum Gasteiger partial charge on any atom is 0.251 e. The van der Waals surface area contributed by atoms with Gasteiger partial charge in [0, 0.05) is 19.2 Å². The molecule has 0 unspecified atom stereocenters. The van der Waals surface area contributed by atoms with Crippen LogP contribution >= 0.6 is 0 Å². The Kier molecular flexibility index (Phi) is 4.95. The molecule has 6 heteroatoms. The summed E-state index contributed by atoms with van der Waals surface area (Å²) in [6, 6.07) is 20.7. The molecule has 0 radical (unpaired) electrons. The van der Waals surface area contributed by atoms with Crippen molar-refractivity contribution in [3.8, 4) is 0 Å². The first-order valence-electron chi connectivity index (χ1n) is 8.14. The van der Waals surface area contributed by atoms with Crippen molar-refractivity contribution in [3.05, 3.63) is 77.9 Å². The van der Waals surface area contributed by atoms with Crippen LogP contribution in [0.2, 0.25) is 0 Å². The molecule has 0 heterocycles. The highest BCUT2D eigenvalue weighted by Crippen LogP contribution is 2.18. The van der Waals surface area contributed by atoms with Crippen LogP contribution in [-0.2, 0) is 16.6 Å². The van der Waals surface area contributed by atoms with E-state index in [1.54, 1.807) is 24.3 Å². The van der Waals surface area contributed by atoms with E-state index in [0.717, 1.165) is 26.9 Å². The molecule has 0 aliphatic carbocycles. The van der Waals surface area contributed by atoms with Crippen LogP contribution in [0.3, 0.4) is 0 Å². The second kappa shape index (κ2) is 7.17. The predicted octanol–water partition coefficient (Wildman–Crippen LogP) is 3.17. The molecule has 3 rings (SSSR count). The summed E-state index contributed by atoms with van der Waals surface area (Å²) < 4.78 is 24.5. The van der Waals surface area contributed by atoms with Crippen molar-refractivity contribution in [2.75, 3.05) is 17.6 Å². The van der Waals surface area contributed by atoms with Gasteiger partial charge in [-0.25, -0.2) is 8.42 Å². The number of sulfonamides is 1. The molecule has 0 atom stereocenters. The molecule has 0 aliphatic heterocycles. The van der Waals surface area contributed by atoms with E-state index in [-0.39, 0.29) is 5.91 Å². The smallest absolute Gasteiger partial charge is 0.251 e. The second-order valence-electron chi connectivity index (χ2n) is 6.14. The number of carbonyl (C=O) groups excluding carboxylic acids is 1. The topological polar surface area (TPSA) is 66.5 Å². The molecule has 0 saturated carbocycles. The Hall–Kier alpha value is -2.86. The number of rotatable bonds is 5. The summed E-state index contributed by atoms with van der Waals surface area (Å²) in [7, 11) is -1.91. The molecule has 26 heavy (non-hydrogen) atoms. The van der Waals surface area contributed by atoms with E-state index in [1.165, 1.54) is 7.05 Å². The fraction of sp³-hybridized carbons (Fsp3) is 0.150. The number of anilines is 1. The van der Waals surface area contributed by atoms with E-state index in [0.29, 0.717) is 17.8 Å². The third-order valence-corrected chi connectivity index (χ3v) is 5.44. The Morgan fingerprint density at radius 1 is 0.962 bits per heavy atom. The Labute approximate surface area is 153 Å². The third kappa shape index (κ3) is 4.03. The molecule has 134 valence electrons. The molecule has 0 spiro atoms. The average Bonchev–Trinajstić information content (AvgIpc) is 2.64. The van der Waals surface area contributed by atoms with E-state index in [2.05, 4.69) is 5.32 Å². The summed E-state index contributed by atoms with van der Waals surface area (Å²) in [5.74, 6) is -0.248. The highest BCUT2D eigenvalue weighted by Gasteiger charge is 2.14. The van der Waals surface area contributed by atoms with Gasteiger partial charge in [0.25, 0.3) is 5.91 Å². The molecule has 5 nitrogen and oxygen atoms in total. The van der Waals surface area contributed by atoms with Crippen molar-refractivity contribution in [2.45, 2.75) is 6.54 Å². The average molecular weight is 368 g/mol. The lowest BCUT2D eigenvalue weighted by molar-refractivity contribution is 0.0951.